The number of hydrogen-bond acceptors (Lipinski definition) is 7. The Morgan fingerprint density at radius 1 is 0.765 bits per heavy atom. The van der Waals surface area contributed by atoms with Crippen molar-refractivity contribution in [2.45, 2.75) is 11.3 Å². The molecule has 0 spiro atoms. The van der Waals surface area contributed by atoms with E-state index in [1.165, 1.54) is 18.9 Å². The summed E-state index contributed by atoms with van der Waals surface area (Å²) < 4.78 is 21.5. The maximum atomic E-state index is 13.0. The summed E-state index contributed by atoms with van der Waals surface area (Å²) in [5.74, 6) is 2.06. The molecule has 8 heteroatoms. The molecular formula is C26H26N2O5S. The van der Waals surface area contributed by atoms with Crippen molar-refractivity contribution in [1.29, 1.82) is 0 Å². The average molecular weight is 479 g/mol. The smallest absolute Gasteiger partial charge is 0.257 e. The summed E-state index contributed by atoms with van der Waals surface area (Å²) in [6.07, 6.45) is 0. The van der Waals surface area contributed by atoms with Gasteiger partial charge >= 0.3 is 0 Å². The second-order valence-electron chi connectivity index (χ2n) is 7.47. The normalized spacial score (nSPS) is 17.0. The molecule has 2 unspecified atom stereocenters. The number of nitrogens with one attached hydrogen (secondary N) is 1. The van der Waals surface area contributed by atoms with Crippen molar-refractivity contribution in [2.24, 2.45) is 4.99 Å². The van der Waals surface area contributed by atoms with E-state index in [1.807, 2.05) is 36.4 Å². The Morgan fingerprint density at radius 3 is 2.03 bits per heavy atom. The minimum absolute atomic E-state index is 0.0139. The van der Waals surface area contributed by atoms with E-state index >= 15 is 0 Å². The van der Waals surface area contributed by atoms with E-state index in [0.717, 1.165) is 11.1 Å². The van der Waals surface area contributed by atoms with E-state index in [4.69, 9.17) is 23.9 Å². The number of ether oxygens (including phenoxy) is 4. The Kier molecular flexibility index (Phi) is 7.27. The van der Waals surface area contributed by atoms with Crippen LogP contribution in [0.4, 0.5) is 0 Å². The number of thioether (sulfide) groups is 1. The van der Waals surface area contributed by atoms with Gasteiger partial charge in [-0.1, -0.05) is 48.2 Å². The van der Waals surface area contributed by atoms with E-state index in [9.17, 15) is 4.79 Å². The average Bonchev–Trinajstić information content (AvgIpc) is 3.31. The molecule has 1 aliphatic heterocycles. The van der Waals surface area contributed by atoms with Crippen molar-refractivity contribution in [3.8, 4) is 23.0 Å². The first-order chi connectivity index (χ1) is 16.6. The molecule has 0 saturated carbocycles. The molecule has 0 radical (unpaired) electrons. The van der Waals surface area contributed by atoms with Crippen LogP contribution in [0, 0.1) is 0 Å². The molecule has 0 aromatic heterocycles. The third-order valence-electron chi connectivity index (χ3n) is 5.53. The van der Waals surface area contributed by atoms with Crippen molar-refractivity contribution >= 4 is 22.8 Å². The van der Waals surface area contributed by atoms with Crippen LogP contribution in [0.1, 0.15) is 32.8 Å². The number of hydrogen-bond donors (Lipinski definition) is 1. The number of nitrogens with zero attached hydrogens (tertiary/aromatic N) is 1. The molecule has 7 nitrogen and oxygen atoms in total. The van der Waals surface area contributed by atoms with Crippen LogP contribution < -0.4 is 24.3 Å². The van der Waals surface area contributed by atoms with Gasteiger partial charge in [-0.25, -0.2) is 0 Å². The Bertz CT molecular complexity index is 1200. The lowest BCUT2D eigenvalue weighted by atomic mass is 9.98. The SMILES string of the molecule is COc1ccc(C(=O)NC2=NC(c3ccc(OC)c(OC)c3)C(c3ccccc3)S2)cc1OC. The van der Waals surface area contributed by atoms with Crippen LogP contribution in [0.2, 0.25) is 0 Å². The van der Waals surface area contributed by atoms with E-state index in [2.05, 4.69) is 17.4 Å². The molecule has 34 heavy (non-hydrogen) atoms. The summed E-state index contributed by atoms with van der Waals surface area (Å²) in [6, 6.07) is 20.7. The standard InChI is InChI=1S/C26H26N2O5S/c1-30-19-12-10-17(14-21(19)32-3)23-24(16-8-6-5-7-9-16)34-26(27-23)28-25(29)18-11-13-20(31-2)22(15-18)33-4/h5-15,23-24H,1-4H3,(H,27,28,29). The largest absolute Gasteiger partial charge is 0.493 e. The summed E-state index contributed by atoms with van der Waals surface area (Å²) in [6.45, 7) is 0. The number of amides is 1. The van der Waals surface area contributed by atoms with Gasteiger partial charge in [0.05, 0.1) is 39.7 Å². The first kappa shape index (κ1) is 23.5. The second kappa shape index (κ2) is 10.5. The molecule has 2 atom stereocenters. The summed E-state index contributed by atoms with van der Waals surface area (Å²) in [4.78, 5) is 17.9. The molecule has 0 fully saturated rings. The third-order valence-corrected chi connectivity index (χ3v) is 6.74. The van der Waals surface area contributed by atoms with Crippen molar-refractivity contribution in [3.05, 3.63) is 83.4 Å². The van der Waals surface area contributed by atoms with E-state index < -0.39 is 0 Å². The zero-order valence-electron chi connectivity index (χ0n) is 19.4. The van der Waals surface area contributed by atoms with Crippen molar-refractivity contribution in [1.82, 2.24) is 5.32 Å². The molecular weight excluding hydrogens is 452 g/mol. The predicted molar refractivity (Wildman–Crippen MR) is 134 cm³/mol. The van der Waals surface area contributed by atoms with Crippen molar-refractivity contribution in [3.63, 3.8) is 0 Å². The highest BCUT2D eigenvalue weighted by atomic mass is 32.2. The zero-order chi connectivity index (χ0) is 24.1. The van der Waals surface area contributed by atoms with Gasteiger partial charge in [-0.15, -0.1) is 0 Å². The fraction of sp³-hybridized carbons (Fsp3) is 0.231. The molecule has 1 amide bonds. The first-order valence-corrected chi connectivity index (χ1v) is 11.5. The Labute approximate surface area is 203 Å². The number of rotatable bonds is 7. The highest BCUT2D eigenvalue weighted by Crippen LogP contribution is 2.49. The van der Waals surface area contributed by atoms with Crippen LogP contribution in [0.15, 0.2) is 71.7 Å². The minimum Gasteiger partial charge on any atom is -0.493 e. The molecule has 1 N–H and O–H groups in total. The highest BCUT2D eigenvalue weighted by Gasteiger charge is 2.34. The summed E-state index contributed by atoms with van der Waals surface area (Å²) in [5.41, 5.74) is 2.53. The predicted octanol–water partition coefficient (Wildman–Crippen LogP) is 5.04. The number of carbonyl (C=O) groups is 1. The number of carbonyl (C=O) groups excluding carboxylic acids is 1. The number of amidine groups is 1. The summed E-state index contributed by atoms with van der Waals surface area (Å²) in [5, 5.41) is 3.49. The van der Waals surface area contributed by atoms with Crippen LogP contribution in [0.5, 0.6) is 23.0 Å². The molecule has 0 saturated heterocycles. The van der Waals surface area contributed by atoms with Gasteiger partial charge in [-0.05, 0) is 41.5 Å². The first-order valence-electron chi connectivity index (χ1n) is 10.6. The molecule has 176 valence electrons. The van der Waals surface area contributed by atoms with Gasteiger partial charge in [0.2, 0.25) is 0 Å². The lowest BCUT2D eigenvalue weighted by molar-refractivity contribution is 0.0977. The number of aliphatic imine (C=N–C) groups is 1. The van der Waals surface area contributed by atoms with Gasteiger partial charge in [0.15, 0.2) is 28.2 Å². The molecule has 3 aromatic rings. The summed E-state index contributed by atoms with van der Waals surface area (Å²) in [7, 11) is 6.31. The quantitative estimate of drug-likeness (QED) is 0.513. The molecule has 0 aliphatic carbocycles. The molecule has 3 aromatic carbocycles. The lowest BCUT2D eigenvalue weighted by Crippen LogP contribution is -2.27. The lowest BCUT2D eigenvalue weighted by Gasteiger charge is -2.19. The van der Waals surface area contributed by atoms with Gasteiger partial charge in [-0.2, -0.15) is 0 Å². The van der Waals surface area contributed by atoms with Crippen molar-refractivity contribution in [2.75, 3.05) is 28.4 Å². The Balaban J connectivity index is 1.64. The number of benzene rings is 3. The maximum absolute atomic E-state index is 13.0. The van der Waals surface area contributed by atoms with Crippen molar-refractivity contribution < 1.29 is 23.7 Å². The van der Waals surface area contributed by atoms with Crippen LogP contribution in [0.3, 0.4) is 0 Å². The van der Waals surface area contributed by atoms with Crippen LogP contribution in [-0.2, 0) is 0 Å². The Morgan fingerprint density at radius 2 is 1.38 bits per heavy atom. The Hall–Kier alpha value is -3.65. The van der Waals surface area contributed by atoms with Gasteiger partial charge in [0.25, 0.3) is 5.91 Å². The fourth-order valence-electron chi connectivity index (χ4n) is 3.80. The maximum Gasteiger partial charge on any atom is 0.257 e. The summed E-state index contributed by atoms with van der Waals surface area (Å²) >= 11 is 1.52. The van der Waals surface area contributed by atoms with Crippen LogP contribution in [-0.4, -0.2) is 39.5 Å². The molecule has 1 aliphatic rings. The molecule has 0 bridgehead atoms. The van der Waals surface area contributed by atoms with Crippen LogP contribution in [0.25, 0.3) is 0 Å². The minimum atomic E-state index is -0.271. The monoisotopic (exact) mass is 478 g/mol. The van der Waals surface area contributed by atoms with Crippen LogP contribution >= 0.6 is 11.8 Å². The molecule has 1 heterocycles. The zero-order valence-corrected chi connectivity index (χ0v) is 20.2. The van der Waals surface area contributed by atoms with Gasteiger partial charge < -0.3 is 24.3 Å². The third kappa shape index (κ3) is 4.82. The van der Waals surface area contributed by atoms with Gasteiger partial charge in [0.1, 0.15) is 0 Å². The van der Waals surface area contributed by atoms with Gasteiger partial charge in [0, 0.05) is 5.56 Å². The highest BCUT2D eigenvalue weighted by molar-refractivity contribution is 8.14. The fourth-order valence-corrected chi connectivity index (χ4v) is 5.00. The van der Waals surface area contributed by atoms with E-state index in [-0.39, 0.29) is 17.2 Å². The molecule has 4 rings (SSSR count). The van der Waals surface area contributed by atoms with E-state index in [1.54, 1.807) is 39.5 Å². The number of methoxy groups -OCH3 is 4. The topological polar surface area (TPSA) is 78.4 Å². The van der Waals surface area contributed by atoms with Gasteiger partial charge in [-0.3, -0.25) is 9.79 Å². The van der Waals surface area contributed by atoms with E-state index in [0.29, 0.717) is 33.7 Å². The second-order valence-corrected chi connectivity index (χ2v) is 8.60.